The Balaban J connectivity index is 1.34. The molecule has 134 valence electrons. The van der Waals surface area contributed by atoms with E-state index in [0.717, 1.165) is 11.1 Å². The highest BCUT2D eigenvalue weighted by atomic mass is 16.2. The Labute approximate surface area is 154 Å². The van der Waals surface area contributed by atoms with Crippen molar-refractivity contribution in [3.05, 3.63) is 84.3 Å². The first-order chi connectivity index (χ1) is 13.3. The molecule has 0 radical (unpaired) electrons. The van der Waals surface area contributed by atoms with E-state index in [2.05, 4.69) is 30.7 Å². The third-order valence-electron chi connectivity index (χ3n) is 3.87. The minimum absolute atomic E-state index is 0.276. The van der Waals surface area contributed by atoms with Gasteiger partial charge in [0.15, 0.2) is 11.5 Å². The molecule has 0 aliphatic heterocycles. The minimum atomic E-state index is -0.283. The summed E-state index contributed by atoms with van der Waals surface area (Å²) in [5.74, 6) is 0.376. The molecular formula is C18H16N8O. The van der Waals surface area contributed by atoms with Gasteiger partial charge in [-0.05, 0) is 17.2 Å². The van der Waals surface area contributed by atoms with Gasteiger partial charge in [-0.3, -0.25) is 4.79 Å². The van der Waals surface area contributed by atoms with Crippen molar-refractivity contribution in [1.82, 2.24) is 40.1 Å². The fraction of sp³-hybridized carbons (Fsp3) is 0.111. The predicted octanol–water partition coefficient (Wildman–Crippen LogP) is 1.23. The van der Waals surface area contributed by atoms with E-state index in [-0.39, 0.29) is 11.6 Å². The van der Waals surface area contributed by atoms with E-state index in [0.29, 0.717) is 18.9 Å². The van der Waals surface area contributed by atoms with Gasteiger partial charge in [0.25, 0.3) is 5.91 Å². The van der Waals surface area contributed by atoms with Crippen LogP contribution in [0.4, 0.5) is 0 Å². The molecule has 0 atom stereocenters. The molecule has 0 saturated heterocycles. The molecule has 27 heavy (non-hydrogen) atoms. The van der Waals surface area contributed by atoms with Gasteiger partial charge in [-0.25, -0.2) is 19.3 Å². The molecule has 3 heterocycles. The van der Waals surface area contributed by atoms with Crippen molar-refractivity contribution in [2.75, 3.05) is 0 Å². The van der Waals surface area contributed by atoms with Gasteiger partial charge < -0.3 is 5.32 Å². The van der Waals surface area contributed by atoms with Crippen LogP contribution < -0.4 is 5.32 Å². The van der Waals surface area contributed by atoms with E-state index in [9.17, 15) is 4.79 Å². The van der Waals surface area contributed by atoms with Crippen molar-refractivity contribution in [2.45, 2.75) is 13.1 Å². The monoisotopic (exact) mass is 360 g/mol. The fourth-order valence-corrected chi connectivity index (χ4v) is 2.51. The maximum atomic E-state index is 12.3. The van der Waals surface area contributed by atoms with Crippen LogP contribution in [0.2, 0.25) is 0 Å². The standard InChI is InChI=1S/C18H16N8O/c27-18(16-11-25(24-23-16)10-14-4-2-1-3-5-14)21-9-15-6-7-17(20-8-15)26-13-19-12-22-26/h1-8,11-13H,9-10H2,(H,21,27). The summed E-state index contributed by atoms with van der Waals surface area (Å²) in [6, 6.07) is 13.6. The molecule has 4 aromatic rings. The quantitative estimate of drug-likeness (QED) is 0.555. The van der Waals surface area contributed by atoms with Gasteiger partial charge in [0.1, 0.15) is 12.7 Å². The highest BCUT2D eigenvalue weighted by Gasteiger charge is 2.11. The molecule has 1 aromatic carbocycles. The lowest BCUT2D eigenvalue weighted by Crippen LogP contribution is -2.23. The number of benzene rings is 1. The number of nitrogens with zero attached hydrogens (tertiary/aromatic N) is 7. The second kappa shape index (κ2) is 7.56. The third kappa shape index (κ3) is 4.03. The molecule has 1 N–H and O–H groups in total. The number of aromatic nitrogens is 7. The molecule has 9 nitrogen and oxygen atoms in total. The van der Waals surface area contributed by atoms with E-state index in [4.69, 9.17) is 0 Å². The summed E-state index contributed by atoms with van der Waals surface area (Å²) in [5, 5.41) is 14.8. The van der Waals surface area contributed by atoms with E-state index < -0.39 is 0 Å². The van der Waals surface area contributed by atoms with E-state index >= 15 is 0 Å². The average Bonchev–Trinajstić information content (AvgIpc) is 3.40. The van der Waals surface area contributed by atoms with Gasteiger partial charge in [0.05, 0.1) is 12.7 Å². The van der Waals surface area contributed by atoms with E-state index in [1.807, 2.05) is 42.5 Å². The second-order valence-electron chi connectivity index (χ2n) is 5.83. The zero-order chi connectivity index (χ0) is 18.5. The molecule has 0 saturated carbocycles. The summed E-state index contributed by atoms with van der Waals surface area (Å²) in [5.41, 5.74) is 2.23. The minimum Gasteiger partial charge on any atom is -0.346 e. The number of amides is 1. The van der Waals surface area contributed by atoms with Gasteiger partial charge in [-0.15, -0.1) is 5.10 Å². The first kappa shape index (κ1) is 16.6. The van der Waals surface area contributed by atoms with Crippen molar-refractivity contribution in [3.8, 4) is 5.82 Å². The number of hydrogen-bond acceptors (Lipinski definition) is 6. The molecule has 0 aliphatic carbocycles. The Morgan fingerprint density at radius 3 is 2.70 bits per heavy atom. The second-order valence-corrected chi connectivity index (χ2v) is 5.83. The molecule has 0 aliphatic rings. The first-order valence-electron chi connectivity index (χ1n) is 8.30. The van der Waals surface area contributed by atoms with Gasteiger partial charge in [0, 0.05) is 12.7 Å². The van der Waals surface area contributed by atoms with E-state index in [1.165, 1.54) is 6.33 Å². The topological polar surface area (TPSA) is 103 Å². The number of carbonyl (C=O) groups is 1. The van der Waals surface area contributed by atoms with Crippen LogP contribution >= 0.6 is 0 Å². The molecule has 0 fully saturated rings. The van der Waals surface area contributed by atoms with E-state index in [1.54, 1.807) is 28.1 Å². The fourth-order valence-electron chi connectivity index (χ4n) is 2.51. The highest BCUT2D eigenvalue weighted by Crippen LogP contribution is 2.05. The van der Waals surface area contributed by atoms with Gasteiger partial charge in [0.2, 0.25) is 0 Å². The maximum absolute atomic E-state index is 12.3. The van der Waals surface area contributed by atoms with Gasteiger partial charge >= 0.3 is 0 Å². The Hall–Kier alpha value is -3.88. The van der Waals surface area contributed by atoms with Crippen LogP contribution in [0.1, 0.15) is 21.6 Å². The SMILES string of the molecule is O=C(NCc1ccc(-n2cncn2)nc1)c1cn(Cc2ccccc2)nn1. The molecule has 1 amide bonds. The largest absolute Gasteiger partial charge is 0.346 e. The highest BCUT2D eigenvalue weighted by molar-refractivity contribution is 5.91. The molecule has 3 aromatic heterocycles. The van der Waals surface area contributed by atoms with Crippen LogP contribution in [0.3, 0.4) is 0 Å². The number of rotatable bonds is 6. The van der Waals surface area contributed by atoms with Crippen molar-refractivity contribution in [3.63, 3.8) is 0 Å². The summed E-state index contributed by atoms with van der Waals surface area (Å²) in [7, 11) is 0. The Bertz CT molecular complexity index is 1010. The Morgan fingerprint density at radius 1 is 1.07 bits per heavy atom. The van der Waals surface area contributed by atoms with Crippen molar-refractivity contribution >= 4 is 5.91 Å². The number of pyridine rings is 1. The average molecular weight is 360 g/mol. The molecular weight excluding hydrogens is 344 g/mol. The van der Waals surface area contributed by atoms with Crippen molar-refractivity contribution in [2.24, 2.45) is 0 Å². The lowest BCUT2D eigenvalue weighted by Gasteiger charge is -2.04. The molecule has 0 spiro atoms. The lowest BCUT2D eigenvalue weighted by atomic mass is 10.2. The summed E-state index contributed by atoms with van der Waals surface area (Å²) < 4.78 is 3.20. The van der Waals surface area contributed by atoms with Crippen LogP contribution in [0, 0.1) is 0 Å². The summed E-state index contributed by atoms with van der Waals surface area (Å²) in [6.07, 6.45) is 6.33. The summed E-state index contributed by atoms with van der Waals surface area (Å²) >= 11 is 0. The van der Waals surface area contributed by atoms with Gasteiger partial charge in [-0.1, -0.05) is 41.6 Å². The maximum Gasteiger partial charge on any atom is 0.273 e. The van der Waals surface area contributed by atoms with Crippen molar-refractivity contribution < 1.29 is 4.79 Å². The van der Waals surface area contributed by atoms with Crippen LogP contribution in [0.15, 0.2) is 67.5 Å². The van der Waals surface area contributed by atoms with Crippen LogP contribution in [0.5, 0.6) is 0 Å². The zero-order valence-corrected chi connectivity index (χ0v) is 14.3. The smallest absolute Gasteiger partial charge is 0.273 e. The van der Waals surface area contributed by atoms with Crippen LogP contribution in [-0.4, -0.2) is 40.6 Å². The summed E-state index contributed by atoms with van der Waals surface area (Å²) in [4.78, 5) is 20.4. The van der Waals surface area contributed by atoms with Crippen molar-refractivity contribution in [1.29, 1.82) is 0 Å². The molecule has 0 unspecified atom stereocenters. The molecule has 9 heteroatoms. The molecule has 4 rings (SSSR count). The van der Waals surface area contributed by atoms with Crippen LogP contribution in [0.25, 0.3) is 5.82 Å². The normalized spacial score (nSPS) is 10.7. The lowest BCUT2D eigenvalue weighted by molar-refractivity contribution is 0.0946. The molecule has 0 bridgehead atoms. The summed E-state index contributed by atoms with van der Waals surface area (Å²) in [6.45, 7) is 0.907. The van der Waals surface area contributed by atoms with Gasteiger partial charge in [-0.2, -0.15) is 5.10 Å². The third-order valence-corrected chi connectivity index (χ3v) is 3.87. The number of hydrogen-bond donors (Lipinski definition) is 1. The number of carbonyl (C=O) groups excluding carboxylic acids is 1. The van der Waals surface area contributed by atoms with Crippen LogP contribution in [-0.2, 0) is 13.1 Å². The Kier molecular flexibility index (Phi) is 4.64. The zero-order valence-electron chi connectivity index (χ0n) is 14.3. The Morgan fingerprint density at radius 2 is 1.96 bits per heavy atom. The predicted molar refractivity (Wildman–Crippen MR) is 95.9 cm³/mol. The number of nitrogens with one attached hydrogen (secondary N) is 1. The first-order valence-corrected chi connectivity index (χ1v) is 8.30.